The fraction of sp³-hybridized carbons (Fsp3) is 0.458. The number of ether oxygens (including phenoxy) is 1. The van der Waals surface area contributed by atoms with E-state index in [2.05, 4.69) is 4.90 Å². The molecule has 2 aromatic rings. The normalized spacial score (nSPS) is 15.3. The van der Waals surface area contributed by atoms with E-state index < -0.39 is 0 Å². The second-order valence-corrected chi connectivity index (χ2v) is 7.95. The van der Waals surface area contributed by atoms with E-state index in [0.29, 0.717) is 36.7 Å². The Kier molecular flexibility index (Phi) is 7.64. The maximum atomic E-state index is 14.2. The number of hydrogen-bond acceptors (Lipinski definition) is 3. The van der Waals surface area contributed by atoms with Crippen LogP contribution < -0.4 is 4.74 Å². The molecule has 4 nitrogen and oxygen atoms in total. The Morgan fingerprint density at radius 3 is 2.55 bits per heavy atom. The lowest BCUT2D eigenvalue weighted by Gasteiger charge is -2.32. The second-order valence-electron chi connectivity index (χ2n) is 7.95. The Balaban J connectivity index is 1.39. The smallest absolute Gasteiger partial charge is 0.222 e. The highest BCUT2D eigenvalue weighted by Gasteiger charge is 2.21. The van der Waals surface area contributed by atoms with Gasteiger partial charge in [0.2, 0.25) is 5.91 Å². The third-order valence-corrected chi connectivity index (χ3v) is 5.82. The molecule has 0 N–H and O–H groups in total. The number of methoxy groups -OCH3 is 1. The topological polar surface area (TPSA) is 32.8 Å². The molecule has 0 aromatic heterocycles. The molecule has 29 heavy (non-hydrogen) atoms. The second kappa shape index (κ2) is 10.4. The summed E-state index contributed by atoms with van der Waals surface area (Å²) in [6.07, 6.45) is 3.66. The molecule has 0 spiro atoms. The van der Waals surface area contributed by atoms with Crippen LogP contribution in [-0.4, -0.2) is 43.0 Å². The molecule has 3 rings (SSSR count). The molecule has 156 valence electrons. The summed E-state index contributed by atoms with van der Waals surface area (Å²) in [7, 11) is 3.42. The van der Waals surface area contributed by atoms with Crippen LogP contribution in [0.1, 0.15) is 36.8 Å². The Labute approximate surface area is 173 Å². The molecule has 0 atom stereocenters. The van der Waals surface area contributed by atoms with Gasteiger partial charge in [-0.1, -0.05) is 36.4 Å². The summed E-state index contributed by atoms with van der Waals surface area (Å²) in [4.78, 5) is 16.6. The van der Waals surface area contributed by atoms with Crippen LogP contribution >= 0.6 is 0 Å². The zero-order valence-corrected chi connectivity index (χ0v) is 17.4. The number of nitrogens with zero attached hydrogens (tertiary/aromatic N) is 2. The first-order valence-electron chi connectivity index (χ1n) is 10.4. The maximum absolute atomic E-state index is 14.2. The number of carbonyl (C=O) groups is 1. The first-order chi connectivity index (χ1) is 14.0. The highest BCUT2D eigenvalue weighted by atomic mass is 19.1. The van der Waals surface area contributed by atoms with Crippen LogP contribution in [0.2, 0.25) is 0 Å². The molecule has 1 saturated heterocycles. The SMILES string of the molecule is COc1ccc(CN2CCC(CCC(=O)N(C)Cc3ccccc3)CC2)c(F)c1. The van der Waals surface area contributed by atoms with Gasteiger partial charge in [-0.2, -0.15) is 0 Å². The first kappa shape index (κ1) is 21.3. The molecule has 1 fully saturated rings. The highest BCUT2D eigenvalue weighted by molar-refractivity contribution is 5.75. The molecule has 1 aliphatic rings. The molecule has 5 heteroatoms. The summed E-state index contributed by atoms with van der Waals surface area (Å²) in [5.74, 6) is 1.11. The minimum Gasteiger partial charge on any atom is -0.497 e. The van der Waals surface area contributed by atoms with Gasteiger partial charge >= 0.3 is 0 Å². The lowest BCUT2D eigenvalue weighted by molar-refractivity contribution is -0.130. The lowest BCUT2D eigenvalue weighted by atomic mass is 9.91. The third-order valence-electron chi connectivity index (χ3n) is 5.82. The number of piperidine rings is 1. The van der Waals surface area contributed by atoms with Crippen molar-refractivity contribution in [3.05, 3.63) is 65.5 Å². The molecule has 1 amide bonds. The van der Waals surface area contributed by atoms with Gasteiger partial charge in [0.15, 0.2) is 0 Å². The van der Waals surface area contributed by atoms with Gasteiger partial charge in [0.1, 0.15) is 11.6 Å². The van der Waals surface area contributed by atoms with Crippen molar-refractivity contribution in [1.82, 2.24) is 9.80 Å². The van der Waals surface area contributed by atoms with E-state index >= 15 is 0 Å². The summed E-state index contributed by atoms with van der Waals surface area (Å²) >= 11 is 0. The van der Waals surface area contributed by atoms with Gasteiger partial charge in [0.05, 0.1) is 7.11 Å². The van der Waals surface area contributed by atoms with Gasteiger partial charge in [-0.25, -0.2) is 4.39 Å². The minimum atomic E-state index is -0.210. The maximum Gasteiger partial charge on any atom is 0.222 e. The van der Waals surface area contributed by atoms with Crippen molar-refractivity contribution in [2.75, 3.05) is 27.2 Å². The molecule has 0 saturated carbocycles. The standard InChI is InChI=1S/C24H31FN2O2/c1-26(17-20-6-4-3-5-7-20)24(28)11-8-19-12-14-27(15-13-19)18-21-9-10-22(29-2)16-23(21)25/h3-7,9-10,16,19H,8,11-15,17-18H2,1-2H3. The van der Waals surface area contributed by atoms with Gasteiger partial charge in [0, 0.05) is 38.2 Å². The van der Waals surface area contributed by atoms with Gasteiger partial charge in [-0.05, 0) is 49.9 Å². The van der Waals surface area contributed by atoms with Crippen LogP contribution in [0.5, 0.6) is 5.75 Å². The summed E-state index contributed by atoms with van der Waals surface area (Å²) in [6.45, 7) is 3.18. The number of rotatable bonds is 8. The molecule has 0 aliphatic carbocycles. The summed E-state index contributed by atoms with van der Waals surface area (Å²) < 4.78 is 19.2. The van der Waals surface area contributed by atoms with Gasteiger partial charge in [0.25, 0.3) is 0 Å². The fourth-order valence-corrected chi connectivity index (χ4v) is 3.92. The molecule has 1 aliphatic heterocycles. The Morgan fingerprint density at radius 2 is 1.90 bits per heavy atom. The summed E-state index contributed by atoms with van der Waals surface area (Å²) in [5, 5.41) is 0. The molecule has 2 aromatic carbocycles. The molecule has 0 unspecified atom stereocenters. The molecule has 0 radical (unpaired) electrons. The van der Waals surface area contributed by atoms with E-state index in [0.717, 1.165) is 37.9 Å². The highest BCUT2D eigenvalue weighted by Crippen LogP contribution is 2.25. The van der Waals surface area contributed by atoms with E-state index in [1.807, 2.05) is 54.4 Å². The number of carbonyl (C=O) groups excluding carboxylic acids is 1. The Morgan fingerprint density at radius 1 is 1.17 bits per heavy atom. The fourth-order valence-electron chi connectivity index (χ4n) is 3.92. The summed E-state index contributed by atoms with van der Waals surface area (Å²) in [6, 6.07) is 15.1. The van der Waals surface area contributed by atoms with E-state index in [9.17, 15) is 9.18 Å². The van der Waals surface area contributed by atoms with Crippen molar-refractivity contribution in [3.63, 3.8) is 0 Å². The molecular weight excluding hydrogens is 367 g/mol. The van der Waals surface area contributed by atoms with Crippen molar-refractivity contribution < 1.29 is 13.9 Å². The predicted molar refractivity (Wildman–Crippen MR) is 113 cm³/mol. The van der Waals surface area contributed by atoms with Crippen molar-refractivity contribution in [1.29, 1.82) is 0 Å². The molecule has 0 bridgehead atoms. The quantitative estimate of drug-likeness (QED) is 0.657. The van der Waals surface area contributed by atoms with Gasteiger partial charge in [-0.15, -0.1) is 0 Å². The van der Waals surface area contributed by atoms with Crippen LogP contribution in [0.3, 0.4) is 0 Å². The van der Waals surface area contributed by atoms with Gasteiger partial charge < -0.3 is 9.64 Å². The van der Waals surface area contributed by atoms with Gasteiger partial charge in [-0.3, -0.25) is 9.69 Å². The third kappa shape index (κ3) is 6.29. The Bertz CT molecular complexity index is 789. The zero-order valence-electron chi connectivity index (χ0n) is 17.4. The van der Waals surface area contributed by atoms with Crippen LogP contribution in [0.25, 0.3) is 0 Å². The minimum absolute atomic E-state index is 0.205. The largest absolute Gasteiger partial charge is 0.497 e. The average molecular weight is 399 g/mol. The lowest BCUT2D eigenvalue weighted by Crippen LogP contribution is -2.34. The van der Waals surface area contributed by atoms with Crippen molar-refractivity contribution >= 4 is 5.91 Å². The Hall–Kier alpha value is -2.40. The van der Waals surface area contributed by atoms with E-state index in [1.165, 1.54) is 6.07 Å². The number of benzene rings is 2. The summed E-state index contributed by atoms with van der Waals surface area (Å²) in [5.41, 5.74) is 1.87. The molecular formula is C24H31FN2O2. The number of hydrogen-bond donors (Lipinski definition) is 0. The van der Waals surface area contributed by atoms with E-state index in [4.69, 9.17) is 4.74 Å². The monoisotopic (exact) mass is 398 g/mol. The zero-order chi connectivity index (χ0) is 20.6. The number of amides is 1. The van der Waals surface area contributed by atoms with Crippen molar-refractivity contribution in [2.45, 2.75) is 38.8 Å². The van der Waals surface area contributed by atoms with Crippen molar-refractivity contribution in [2.24, 2.45) is 5.92 Å². The number of halogens is 1. The van der Waals surface area contributed by atoms with E-state index in [-0.39, 0.29) is 11.7 Å². The predicted octanol–water partition coefficient (Wildman–Crippen LogP) is 4.49. The first-order valence-corrected chi connectivity index (χ1v) is 10.4. The van der Waals surface area contributed by atoms with Crippen LogP contribution in [-0.2, 0) is 17.9 Å². The van der Waals surface area contributed by atoms with E-state index in [1.54, 1.807) is 7.11 Å². The van der Waals surface area contributed by atoms with Crippen LogP contribution in [0, 0.1) is 11.7 Å². The van der Waals surface area contributed by atoms with Crippen LogP contribution in [0.4, 0.5) is 4.39 Å². The molecule has 1 heterocycles. The number of likely N-dealkylation sites (tertiary alicyclic amines) is 1. The van der Waals surface area contributed by atoms with Crippen LogP contribution in [0.15, 0.2) is 48.5 Å². The average Bonchev–Trinajstić information content (AvgIpc) is 2.75. The van der Waals surface area contributed by atoms with Crippen molar-refractivity contribution in [3.8, 4) is 5.75 Å².